The summed E-state index contributed by atoms with van der Waals surface area (Å²) in [7, 11) is 0. The van der Waals surface area contributed by atoms with Gasteiger partial charge in [-0.1, -0.05) is 13.3 Å². The Morgan fingerprint density at radius 1 is 1.53 bits per heavy atom. The summed E-state index contributed by atoms with van der Waals surface area (Å²) >= 11 is 1.57. The Morgan fingerprint density at radius 3 is 2.95 bits per heavy atom. The van der Waals surface area contributed by atoms with Crippen molar-refractivity contribution < 1.29 is 9.53 Å². The number of carbonyl (C=O) groups is 1. The minimum Gasteiger partial charge on any atom is -0.466 e. The molecule has 2 rings (SSSR count). The van der Waals surface area contributed by atoms with Crippen LogP contribution in [-0.4, -0.2) is 24.1 Å². The number of hydrogen-bond donors (Lipinski definition) is 1. The summed E-state index contributed by atoms with van der Waals surface area (Å²) in [5.74, 6) is -0.205. The third-order valence-corrected chi connectivity index (χ3v) is 4.38. The molecule has 0 bridgehead atoms. The van der Waals surface area contributed by atoms with Gasteiger partial charge in [-0.2, -0.15) is 0 Å². The minimum atomic E-state index is -0.205. The molecule has 1 fully saturated rings. The van der Waals surface area contributed by atoms with Gasteiger partial charge in [-0.25, -0.2) is 4.98 Å². The van der Waals surface area contributed by atoms with E-state index >= 15 is 0 Å². The molecule has 5 heteroatoms. The Balaban J connectivity index is 1.79. The van der Waals surface area contributed by atoms with Gasteiger partial charge in [0.25, 0.3) is 0 Å². The van der Waals surface area contributed by atoms with Gasteiger partial charge in [-0.3, -0.25) is 4.79 Å². The largest absolute Gasteiger partial charge is 0.466 e. The van der Waals surface area contributed by atoms with E-state index in [1.807, 2.05) is 12.3 Å². The van der Waals surface area contributed by atoms with Crippen LogP contribution in [0.5, 0.6) is 0 Å². The molecule has 0 saturated heterocycles. The topological polar surface area (TPSA) is 51.2 Å². The van der Waals surface area contributed by atoms with Crippen molar-refractivity contribution in [3.05, 3.63) is 11.1 Å². The fourth-order valence-electron chi connectivity index (χ4n) is 2.31. The summed E-state index contributed by atoms with van der Waals surface area (Å²) in [6.07, 6.45) is 5.46. The van der Waals surface area contributed by atoms with Crippen molar-refractivity contribution in [2.24, 2.45) is 5.41 Å². The Labute approximate surface area is 118 Å². The van der Waals surface area contributed by atoms with Crippen molar-refractivity contribution in [3.63, 3.8) is 0 Å². The third-order valence-electron chi connectivity index (χ3n) is 3.53. The molecule has 1 heterocycles. The second-order valence-corrected chi connectivity index (χ2v) is 6.09. The zero-order valence-electron chi connectivity index (χ0n) is 11.7. The molecule has 0 aliphatic heterocycles. The molecule has 1 aliphatic carbocycles. The quantitative estimate of drug-likeness (QED) is 0.744. The predicted octanol–water partition coefficient (Wildman–Crippen LogP) is 3.24. The van der Waals surface area contributed by atoms with Crippen LogP contribution in [0.2, 0.25) is 0 Å². The van der Waals surface area contributed by atoms with Gasteiger partial charge in [0.05, 0.1) is 18.7 Å². The number of ether oxygens (including phenoxy) is 1. The number of aromatic nitrogens is 1. The molecule has 0 aromatic carbocycles. The van der Waals surface area contributed by atoms with Crippen molar-refractivity contribution in [2.45, 2.75) is 46.0 Å². The van der Waals surface area contributed by atoms with Gasteiger partial charge in [0, 0.05) is 11.9 Å². The Bertz CT molecular complexity index is 427. The molecule has 1 N–H and O–H groups in total. The first-order valence-electron chi connectivity index (χ1n) is 7.01. The second kappa shape index (κ2) is 6.37. The number of hydrogen-bond acceptors (Lipinski definition) is 5. The highest BCUT2D eigenvalue weighted by Gasteiger charge is 2.41. The Hall–Kier alpha value is -1.10. The number of thiazole rings is 1. The molecular formula is C14H22N2O2S. The first-order valence-corrected chi connectivity index (χ1v) is 7.89. The number of esters is 1. The summed E-state index contributed by atoms with van der Waals surface area (Å²) in [6.45, 7) is 5.48. The van der Waals surface area contributed by atoms with Crippen molar-refractivity contribution in [1.82, 2.24) is 4.98 Å². The monoisotopic (exact) mass is 282 g/mol. The molecular weight excluding hydrogens is 260 g/mol. The summed E-state index contributed by atoms with van der Waals surface area (Å²) in [6, 6.07) is 0. The Morgan fingerprint density at radius 2 is 2.32 bits per heavy atom. The maximum atomic E-state index is 11.4. The number of rotatable bonds is 8. The molecule has 0 unspecified atom stereocenters. The van der Waals surface area contributed by atoms with E-state index in [1.165, 1.54) is 25.7 Å². The van der Waals surface area contributed by atoms with E-state index in [1.54, 1.807) is 11.3 Å². The average molecular weight is 282 g/mol. The van der Waals surface area contributed by atoms with Crippen LogP contribution in [0.1, 0.15) is 45.2 Å². The van der Waals surface area contributed by atoms with E-state index < -0.39 is 0 Å². The summed E-state index contributed by atoms with van der Waals surface area (Å²) in [4.78, 5) is 15.8. The van der Waals surface area contributed by atoms with Gasteiger partial charge in [-0.15, -0.1) is 11.3 Å². The molecule has 106 valence electrons. The van der Waals surface area contributed by atoms with Crippen LogP contribution in [-0.2, 0) is 16.0 Å². The first-order chi connectivity index (χ1) is 9.17. The predicted molar refractivity (Wildman–Crippen MR) is 77.5 cm³/mol. The number of carbonyl (C=O) groups excluding carboxylic acids is 1. The van der Waals surface area contributed by atoms with Crippen LogP contribution in [0.15, 0.2) is 5.38 Å². The molecule has 0 radical (unpaired) electrons. The fourth-order valence-corrected chi connectivity index (χ4v) is 3.02. The van der Waals surface area contributed by atoms with Crippen LogP contribution in [0.4, 0.5) is 5.13 Å². The highest BCUT2D eigenvalue weighted by molar-refractivity contribution is 7.13. The van der Waals surface area contributed by atoms with Crippen LogP contribution >= 0.6 is 11.3 Å². The normalized spacial score (nSPS) is 16.1. The van der Waals surface area contributed by atoms with Crippen molar-refractivity contribution in [3.8, 4) is 0 Å². The molecule has 1 saturated carbocycles. The number of nitrogens with zero attached hydrogens (tertiary/aromatic N) is 1. The van der Waals surface area contributed by atoms with Gasteiger partial charge < -0.3 is 10.1 Å². The second-order valence-electron chi connectivity index (χ2n) is 5.23. The van der Waals surface area contributed by atoms with E-state index in [4.69, 9.17) is 4.74 Å². The highest BCUT2D eigenvalue weighted by Crippen LogP contribution is 2.49. The smallest absolute Gasteiger partial charge is 0.311 e. The van der Waals surface area contributed by atoms with Gasteiger partial charge in [-0.05, 0) is 31.6 Å². The molecule has 4 nitrogen and oxygen atoms in total. The van der Waals surface area contributed by atoms with Crippen molar-refractivity contribution in [2.75, 3.05) is 18.5 Å². The number of nitrogens with one attached hydrogen (secondary N) is 1. The highest BCUT2D eigenvalue weighted by atomic mass is 32.1. The van der Waals surface area contributed by atoms with Crippen molar-refractivity contribution >= 4 is 22.4 Å². The van der Waals surface area contributed by atoms with E-state index in [0.29, 0.717) is 12.0 Å². The molecule has 1 aromatic rings. The average Bonchev–Trinajstić information content (AvgIpc) is 2.99. The van der Waals surface area contributed by atoms with Crippen LogP contribution in [0.3, 0.4) is 0 Å². The zero-order chi connectivity index (χ0) is 13.7. The van der Waals surface area contributed by atoms with Crippen LogP contribution in [0, 0.1) is 5.41 Å². The molecule has 0 amide bonds. The van der Waals surface area contributed by atoms with E-state index in [2.05, 4.69) is 17.2 Å². The number of anilines is 1. The van der Waals surface area contributed by atoms with Crippen LogP contribution < -0.4 is 5.32 Å². The zero-order valence-corrected chi connectivity index (χ0v) is 12.5. The molecule has 0 spiro atoms. The lowest BCUT2D eigenvalue weighted by atomic mass is 10.0. The lowest BCUT2D eigenvalue weighted by molar-refractivity contribution is -0.142. The van der Waals surface area contributed by atoms with E-state index in [0.717, 1.165) is 17.4 Å². The SMILES string of the molecule is CCCC1(CNc2nc(CC(=O)OCC)cs2)CC1. The van der Waals surface area contributed by atoms with Crippen molar-refractivity contribution in [1.29, 1.82) is 0 Å². The Kier molecular flexibility index (Phi) is 4.80. The standard InChI is InChI=1S/C14H22N2O2S/c1-3-5-14(6-7-14)10-15-13-16-11(9-19-13)8-12(17)18-4-2/h9H,3-8,10H2,1-2H3,(H,15,16). The summed E-state index contributed by atoms with van der Waals surface area (Å²) < 4.78 is 4.92. The maximum Gasteiger partial charge on any atom is 0.311 e. The van der Waals surface area contributed by atoms with Gasteiger partial charge in [0.1, 0.15) is 0 Å². The van der Waals surface area contributed by atoms with Crippen LogP contribution in [0.25, 0.3) is 0 Å². The van der Waals surface area contributed by atoms with E-state index in [-0.39, 0.29) is 12.4 Å². The lowest BCUT2D eigenvalue weighted by Crippen LogP contribution is -2.15. The maximum absolute atomic E-state index is 11.4. The lowest BCUT2D eigenvalue weighted by Gasteiger charge is -2.13. The molecule has 1 aliphatic rings. The third kappa shape index (κ3) is 4.20. The van der Waals surface area contributed by atoms with Gasteiger partial charge in [0.15, 0.2) is 5.13 Å². The fraction of sp³-hybridized carbons (Fsp3) is 0.714. The minimum absolute atomic E-state index is 0.205. The first kappa shape index (κ1) is 14.3. The summed E-state index contributed by atoms with van der Waals surface area (Å²) in [5, 5.41) is 6.26. The van der Waals surface area contributed by atoms with E-state index in [9.17, 15) is 4.79 Å². The molecule has 0 atom stereocenters. The molecule has 1 aromatic heterocycles. The van der Waals surface area contributed by atoms with Gasteiger partial charge >= 0.3 is 5.97 Å². The van der Waals surface area contributed by atoms with Gasteiger partial charge in [0.2, 0.25) is 0 Å². The summed E-state index contributed by atoms with van der Waals surface area (Å²) in [5.41, 5.74) is 1.31. The molecule has 19 heavy (non-hydrogen) atoms.